The highest BCUT2D eigenvalue weighted by Gasteiger charge is 2.39. The van der Waals surface area contributed by atoms with E-state index >= 15 is 0 Å². The van der Waals surface area contributed by atoms with E-state index in [9.17, 15) is 9.18 Å². The number of nitrogens with zero attached hydrogens (tertiary/aromatic N) is 1. The van der Waals surface area contributed by atoms with Crippen molar-refractivity contribution in [3.8, 4) is 5.75 Å². The van der Waals surface area contributed by atoms with Gasteiger partial charge in [-0.3, -0.25) is 0 Å². The van der Waals surface area contributed by atoms with E-state index in [1.165, 1.54) is 12.1 Å². The van der Waals surface area contributed by atoms with E-state index in [0.29, 0.717) is 18.8 Å². The summed E-state index contributed by atoms with van der Waals surface area (Å²) in [6.07, 6.45) is -1.07. The molecular weight excluding hydrogens is 325 g/mol. The number of carbonyl (C=O) groups is 1. The van der Waals surface area contributed by atoms with Crippen LogP contribution < -0.4 is 4.74 Å². The second-order valence-electron chi connectivity index (χ2n) is 7.65. The van der Waals surface area contributed by atoms with Crippen LogP contribution in [0.2, 0.25) is 0 Å². The van der Waals surface area contributed by atoms with E-state index in [0.717, 1.165) is 5.56 Å². The summed E-state index contributed by atoms with van der Waals surface area (Å²) >= 11 is 0. The van der Waals surface area contributed by atoms with Gasteiger partial charge in [-0.25, -0.2) is 9.18 Å². The molecule has 2 unspecified atom stereocenters. The van der Waals surface area contributed by atoms with Gasteiger partial charge in [0.15, 0.2) is 0 Å². The Balaban J connectivity index is 2.14. The lowest BCUT2D eigenvalue weighted by Gasteiger charge is -2.24. The van der Waals surface area contributed by atoms with E-state index in [4.69, 9.17) is 14.2 Å². The Morgan fingerprint density at radius 3 is 2.44 bits per heavy atom. The van der Waals surface area contributed by atoms with E-state index in [2.05, 4.69) is 0 Å². The number of likely N-dealkylation sites (tertiary alicyclic amines) is 1. The number of ether oxygens (including phenoxy) is 3. The first kappa shape index (κ1) is 19.5. The second-order valence-corrected chi connectivity index (χ2v) is 7.65. The average Bonchev–Trinajstić information content (AvgIpc) is 2.88. The Labute approximate surface area is 149 Å². The summed E-state index contributed by atoms with van der Waals surface area (Å²) in [7, 11) is 1.58. The Kier molecular flexibility index (Phi) is 5.93. The van der Waals surface area contributed by atoms with Crippen LogP contribution in [-0.2, 0) is 9.47 Å². The lowest BCUT2D eigenvalue weighted by atomic mass is 10.0. The van der Waals surface area contributed by atoms with Gasteiger partial charge < -0.3 is 19.1 Å². The lowest BCUT2D eigenvalue weighted by Crippen LogP contribution is -2.36. The number of benzene rings is 1. The van der Waals surface area contributed by atoms with Crippen LogP contribution in [0, 0.1) is 5.82 Å². The topological polar surface area (TPSA) is 48.0 Å². The maximum absolute atomic E-state index is 13.7. The molecule has 140 valence electrons. The Bertz CT molecular complexity index is 612. The van der Waals surface area contributed by atoms with Crippen LogP contribution in [0.1, 0.15) is 46.1 Å². The number of halogens is 1. The van der Waals surface area contributed by atoms with Gasteiger partial charge in [0.1, 0.15) is 29.4 Å². The minimum atomic E-state index is -0.564. The second kappa shape index (κ2) is 7.60. The minimum Gasteiger partial charge on any atom is -0.485 e. The first-order chi connectivity index (χ1) is 11.6. The third kappa shape index (κ3) is 5.08. The number of rotatable bonds is 4. The van der Waals surface area contributed by atoms with E-state index in [1.54, 1.807) is 18.1 Å². The molecule has 25 heavy (non-hydrogen) atoms. The molecule has 6 heteroatoms. The summed E-state index contributed by atoms with van der Waals surface area (Å²) < 4.78 is 30.6. The van der Waals surface area contributed by atoms with Crippen molar-refractivity contribution in [1.29, 1.82) is 0 Å². The molecule has 0 aromatic heterocycles. The van der Waals surface area contributed by atoms with E-state index in [1.807, 2.05) is 34.6 Å². The standard InChI is InChI=1S/C19H28FNO4/c1-12(2)14-8-7-13(20)9-15(14)24-17-11-21(10-16(17)23-6)18(22)25-19(3,4)5/h7-9,12,16-17H,10-11H2,1-6H3. The van der Waals surface area contributed by atoms with E-state index < -0.39 is 11.7 Å². The highest BCUT2D eigenvalue weighted by Crippen LogP contribution is 2.30. The molecule has 1 fully saturated rings. The van der Waals surface area contributed by atoms with Crippen LogP contribution in [0.15, 0.2) is 18.2 Å². The number of amides is 1. The molecule has 5 nitrogen and oxygen atoms in total. The molecule has 0 saturated carbocycles. The van der Waals surface area contributed by atoms with Gasteiger partial charge >= 0.3 is 6.09 Å². The third-order valence-corrected chi connectivity index (χ3v) is 4.05. The number of hydrogen-bond donors (Lipinski definition) is 0. The largest absolute Gasteiger partial charge is 0.485 e. The smallest absolute Gasteiger partial charge is 0.410 e. The molecule has 0 aliphatic carbocycles. The molecule has 1 heterocycles. The zero-order chi connectivity index (χ0) is 18.8. The van der Waals surface area contributed by atoms with Crippen LogP contribution in [0.4, 0.5) is 9.18 Å². The van der Waals surface area contributed by atoms with Crippen LogP contribution in [0.5, 0.6) is 5.75 Å². The zero-order valence-corrected chi connectivity index (χ0v) is 15.8. The van der Waals surface area contributed by atoms with Gasteiger partial charge in [0.05, 0.1) is 13.1 Å². The highest BCUT2D eigenvalue weighted by molar-refractivity contribution is 5.68. The molecule has 0 N–H and O–H groups in total. The molecule has 2 rings (SSSR count). The van der Waals surface area contributed by atoms with Gasteiger partial charge in [0.2, 0.25) is 0 Å². The molecular formula is C19H28FNO4. The monoisotopic (exact) mass is 353 g/mol. The first-order valence-corrected chi connectivity index (χ1v) is 8.57. The Morgan fingerprint density at radius 2 is 1.88 bits per heavy atom. The molecule has 2 atom stereocenters. The molecule has 1 aliphatic heterocycles. The van der Waals surface area contributed by atoms with Gasteiger partial charge in [-0.05, 0) is 38.3 Å². The number of hydrogen-bond acceptors (Lipinski definition) is 4. The van der Waals surface area contributed by atoms with Crippen molar-refractivity contribution in [2.75, 3.05) is 20.2 Å². The molecule has 1 aromatic rings. The maximum atomic E-state index is 13.7. The molecule has 1 saturated heterocycles. The van der Waals surface area contributed by atoms with Crippen molar-refractivity contribution in [3.63, 3.8) is 0 Å². The van der Waals surface area contributed by atoms with Crippen LogP contribution >= 0.6 is 0 Å². The molecule has 0 bridgehead atoms. The highest BCUT2D eigenvalue weighted by atomic mass is 19.1. The summed E-state index contributed by atoms with van der Waals surface area (Å²) in [5.41, 5.74) is 0.360. The van der Waals surface area contributed by atoms with Gasteiger partial charge in [-0.1, -0.05) is 19.9 Å². The lowest BCUT2D eigenvalue weighted by molar-refractivity contribution is 0.0240. The molecule has 0 spiro atoms. The third-order valence-electron chi connectivity index (χ3n) is 4.05. The predicted molar refractivity (Wildman–Crippen MR) is 93.5 cm³/mol. The van der Waals surface area contributed by atoms with Crippen LogP contribution in [-0.4, -0.2) is 49.0 Å². The molecule has 1 aliphatic rings. The van der Waals surface area contributed by atoms with Crippen molar-refractivity contribution >= 4 is 6.09 Å². The van der Waals surface area contributed by atoms with Crippen molar-refractivity contribution in [1.82, 2.24) is 4.90 Å². The van der Waals surface area contributed by atoms with Crippen LogP contribution in [0.25, 0.3) is 0 Å². The average molecular weight is 353 g/mol. The van der Waals surface area contributed by atoms with Crippen molar-refractivity contribution in [3.05, 3.63) is 29.6 Å². The SMILES string of the molecule is COC1CN(C(=O)OC(C)(C)C)CC1Oc1cc(F)ccc1C(C)C. The van der Waals surface area contributed by atoms with Crippen LogP contribution in [0.3, 0.4) is 0 Å². The van der Waals surface area contributed by atoms with Crippen molar-refractivity contribution in [2.45, 2.75) is 58.3 Å². The number of carbonyl (C=O) groups excluding carboxylic acids is 1. The zero-order valence-electron chi connectivity index (χ0n) is 15.8. The van der Waals surface area contributed by atoms with Gasteiger partial charge in [-0.2, -0.15) is 0 Å². The quantitative estimate of drug-likeness (QED) is 0.822. The van der Waals surface area contributed by atoms with Gasteiger partial charge in [0.25, 0.3) is 0 Å². The Hall–Kier alpha value is -1.82. The summed E-state index contributed by atoms with van der Waals surface area (Å²) in [6, 6.07) is 4.55. The fraction of sp³-hybridized carbons (Fsp3) is 0.632. The van der Waals surface area contributed by atoms with Gasteiger partial charge in [-0.15, -0.1) is 0 Å². The summed E-state index contributed by atoms with van der Waals surface area (Å²) in [4.78, 5) is 13.9. The first-order valence-electron chi connectivity index (χ1n) is 8.57. The fourth-order valence-electron chi connectivity index (χ4n) is 2.81. The normalized spacial score (nSPS) is 20.9. The minimum absolute atomic E-state index is 0.194. The van der Waals surface area contributed by atoms with Crippen molar-refractivity contribution in [2.24, 2.45) is 0 Å². The number of methoxy groups -OCH3 is 1. The predicted octanol–water partition coefficient (Wildman–Crippen LogP) is 3.96. The van der Waals surface area contributed by atoms with Gasteiger partial charge in [0, 0.05) is 13.2 Å². The Morgan fingerprint density at radius 1 is 1.24 bits per heavy atom. The fourth-order valence-corrected chi connectivity index (χ4v) is 2.81. The van der Waals surface area contributed by atoms with Crippen molar-refractivity contribution < 1.29 is 23.4 Å². The summed E-state index contributed by atoms with van der Waals surface area (Å²) in [6.45, 7) is 10.2. The molecule has 1 aromatic carbocycles. The van der Waals surface area contributed by atoms with E-state index in [-0.39, 0.29) is 23.9 Å². The summed E-state index contributed by atoms with van der Waals surface area (Å²) in [5.74, 6) is 0.336. The maximum Gasteiger partial charge on any atom is 0.410 e. The molecule has 1 amide bonds. The molecule has 0 radical (unpaired) electrons. The summed E-state index contributed by atoms with van der Waals surface area (Å²) in [5, 5.41) is 0.